The van der Waals surface area contributed by atoms with Crippen LogP contribution in [-0.2, 0) is 0 Å². The number of hydrogen-bond acceptors (Lipinski definition) is 3. The Morgan fingerprint density at radius 3 is 2.43 bits per heavy atom. The van der Waals surface area contributed by atoms with Gasteiger partial charge >= 0.3 is 0 Å². The maximum absolute atomic E-state index is 12.8. The van der Waals surface area contributed by atoms with Crippen molar-refractivity contribution in [2.75, 3.05) is 5.32 Å². The van der Waals surface area contributed by atoms with Crippen molar-refractivity contribution < 1.29 is 9.59 Å². The normalized spacial score (nSPS) is 11.6. The zero-order chi connectivity index (χ0) is 20.9. The fraction of sp³-hybridized carbons (Fsp3) is 0.0800. The number of aromatic nitrogens is 1. The van der Waals surface area contributed by atoms with E-state index in [4.69, 9.17) is 0 Å². The molecule has 1 heterocycles. The average molecular weight is 395 g/mol. The van der Waals surface area contributed by atoms with Gasteiger partial charge in [-0.3, -0.25) is 14.6 Å². The van der Waals surface area contributed by atoms with Crippen molar-refractivity contribution in [3.63, 3.8) is 0 Å². The molecule has 2 N–H and O–H groups in total. The van der Waals surface area contributed by atoms with Gasteiger partial charge in [0.25, 0.3) is 11.8 Å². The van der Waals surface area contributed by atoms with Crippen molar-refractivity contribution in [3.8, 4) is 0 Å². The lowest BCUT2D eigenvalue weighted by Crippen LogP contribution is -2.27. The molecule has 148 valence electrons. The highest BCUT2D eigenvalue weighted by Crippen LogP contribution is 2.20. The molecule has 0 saturated heterocycles. The maximum Gasteiger partial charge on any atom is 0.270 e. The van der Waals surface area contributed by atoms with Crippen LogP contribution in [0.4, 0.5) is 5.69 Å². The van der Waals surface area contributed by atoms with Crippen LogP contribution in [0.1, 0.15) is 39.4 Å². The molecule has 3 aromatic carbocycles. The monoisotopic (exact) mass is 395 g/mol. The molecule has 1 unspecified atom stereocenters. The third kappa shape index (κ3) is 4.20. The van der Waals surface area contributed by atoms with Gasteiger partial charge in [0, 0.05) is 22.8 Å². The van der Waals surface area contributed by atoms with Crippen LogP contribution >= 0.6 is 0 Å². The van der Waals surface area contributed by atoms with E-state index in [0.717, 1.165) is 16.3 Å². The summed E-state index contributed by atoms with van der Waals surface area (Å²) in [7, 11) is 0. The van der Waals surface area contributed by atoms with Crippen LogP contribution in [0.25, 0.3) is 10.8 Å². The van der Waals surface area contributed by atoms with Crippen molar-refractivity contribution in [2.24, 2.45) is 0 Å². The first-order valence-electron chi connectivity index (χ1n) is 9.73. The standard InChI is InChI=1S/C25H21N3O2/c1-17(27-25(30)23-22-13-6-5-8-18(22)14-15-26-23)20-11-7-12-21(16-20)28-24(29)19-9-3-2-4-10-19/h2-17H,1H3,(H,27,30)(H,28,29). The third-order valence-corrected chi connectivity index (χ3v) is 4.92. The van der Waals surface area contributed by atoms with Gasteiger partial charge in [-0.15, -0.1) is 0 Å². The minimum absolute atomic E-state index is 0.176. The summed E-state index contributed by atoms with van der Waals surface area (Å²) in [6, 6.07) is 25.8. The summed E-state index contributed by atoms with van der Waals surface area (Å²) < 4.78 is 0. The average Bonchev–Trinajstić information content (AvgIpc) is 2.79. The molecule has 0 aliphatic rings. The predicted molar refractivity (Wildman–Crippen MR) is 118 cm³/mol. The zero-order valence-electron chi connectivity index (χ0n) is 16.5. The lowest BCUT2D eigenvalue weighted by molar-refractivity contribution is 0.0936. The van der Waals surface area contributed by atoms with E-state index in [0.29, 0.717) is 16.9 Å². The summed E-state index contributed by atoms with van der Waals surface area (Å²) >= 11 is 0. The quantitative estimate of drug-likeness (QED) is 0.501. The Bertz CT molecular complexity index is 1200. The molecule has 4 rings (SSSR count). The van der Waals surface area contributed by atoms with Crippen LogP contribution < -0.4 is 10.6 Å². The third-order valence-electron chi connectivity index (χ3n) is 4.92. The predicted octanol–water partition coefficient (Wildman–Crippen LogP) is 4.98. The topological polar surface area (TPSA) is 71.1 Å². The first-order chi connectivity index (χ1) is 14.6. The maximum atomic E-state index is 12.8. The molecule has 0 aliphatic heterocycles. The molecule has 0 spiro atoms. The van der Waals surface area contributed by atoms with Gasteiger partial charge in [0.1, 0.15) is 5.69 Å². The number of carbonyl (C=O) groups is 2. The molecule has 0 fully saturated rings. The van der Waals surface area contributed by atoms with E-state index in [2.05, 4.69) is 15.6 Å². The number of fused-ring (bicyclic) bond motifs is 1. The second-order valence-corrected chi connectivity index (χ2v) is 7.02. The smallest absolute Gasteiger partial charge is 0.270 e. The van der Waals surface area contributed by atoms with Crippen LogP contribution in [0.15, 0.2) is 91.1 Å². The molecule has 0 aliphatic carbocycles. The largest absolute Gasteiger partial charge is 0.344 e. The highest BCUT2D eigenvalue weighted by molar-refractivity contribution is 6.05. The van der Waals surface area contributed by atoms with E-state index < -0.39 is 0 Å². The van der Waals surface area contributed by atoms with Gasteiger partial charge in [-0.25, -0.2) is 0 Å². The van der Waals surface area contributed by atoms with Crippen LogP contribution in [0.2, 0.25) is 0 Å². The lowest BCUT2D eigenvalue weighted by Gasteiger charge is -2.16. The summed E-state index contributed by atoms with van der Waals surface area (Å²) in [5.41, 5.74) is 2.54. The minimum atomic E-state index is -0.258. The molecule has 30 heavy (non-hydrogen) atoms. The fourth-order valence-corrected chi connectivity index (χ4v) is 3.33. The van der Waals surface area contributed by atoms with E-state index in [1.807, 2.05) is 79.7 Å². The number of benzene rings is 3. The molecular formula is C25H21N3O2. The van der Waals surface area contributed by atoms with Gasteiger partial charge < -0.3 is 10.6 Å². The summed E-state index contributed by atoms with van der Waals surface area (Å²) in [6.07, 6.45) is 1.64. The minimum Gasteiger partial charge on any atom is -0.344 e. The van der Waals surface area contributed by atoms with Crippen LogP contribution in [0.5, 0.6) is 0 Å². The molecular weight excluding hydrogens is 374 g/mol. The Kier molecular flexibility index (Phi) is 5.52. The summed E-state index contributed by atoms with van der Waals surface area (Å²) in [5, 5.41) is 7.68. The molecule has 1 aromatic heterocycles. The summed E-state index contributed by atoms with van der Waals surface area (Å²) in [5.74, 6) is -0.414. The Morgan fingerprint density at radius 2 is 1.60 bits per heavy atom. The molecule has 5 heteroatoms. The van der Waals surface area contributed by atoms with Gasteiger partial charge in [-0.2, -0.15) is 0 Å². The number of hydrogen-bond donors (Lipinski definition) is 2. The second-order valence-electron chi connectivity index (χ2n) is 7.02. The highest BCUT2D eigenvalue weighted by Gasteiger charge is 2.16. The summed E-state index contributed by atoms with van der Waals surface area (Å²) in [6.45, 7) is 1.90. The number of rotatable bonds is 5. The Hall–Kier alpha value is -3.99. The van der Waals surface area contributed by atoms with E-state index in [9.17, 15) is 9.59 Å². The van der Waals surface area contributed by atoms with Crippen LogP contribution in [0.3, 0.4) is 0 Å². The molecule has 2 amide bonds. The van der Waals surface area contributed by atoms with Crippen molar-refractivity contribution in [2.45, 2.75) is 13.0 Å². The van der Waals surface area contributed by atoms with Crippen molar-refractivity contribution in [1.29, 1.82) is 0 Å². The van der Waals surface area contributed by atoms with E-state index >= 15 is 0 Å². The molecule has 4 aromatic rings. The van der Waals surface area contributed by atoms with Gasteiger partial charge in [0.05, 0.1) is 6.04 Å². The first-order valence-corrected chi connectivity index (χ1v) is 9.73. The molecule has 0 bridgehead atoms. The zero-order valence-corrected chi connectivity index (χ0v) is 16.5. The highest BCUT2D eigenvalue weighted by atomic mass is 16.2. The molecule has 0 saturated carbocycles. The molecule has 5 nitrogen and oxygen atoms in total. The number of nitrogens with one attached hydrogen (secondary N) is 2. The Labute approximate surface area is 174 Å². The van der Waals surface area contributed by atoms with Crippen LogP contribution in [0, 0.1) is 0 Å². The van der Waals surface area contributed by atoms with Crippen molar-refractivity contribution in [3.05, 3.63) is 108 Å². The van der Waals surface area contributed by atoms with Crippen molar-refractivity contribution >= 4 is 28.3 Å². The van der Waals surface area contributed by atoms with E-state index in [1.54, 1.807) is 18.3 Å². The van der Waals surface area contributed by atoms with Crippen LogP contribution in [-0.4, -0.2) is 16.8 Å². The summed E-state index contributed by atoms with van der Waals surface area (Å²) in [4.78, 5) is 29.5. The Balaban J connectivity index is 1.50. The number of carbonyl (C=O) groups excluding carboxylic acids is 2. The first kappa shape index (κ1) is 19.3. The lowest BCUT2D eigenvalue weighted by atomic mass is 10.1. The van der Waals surface area contributed by atoms with Gasteiger partial charge in [0.15, 0.2) is 0 Å². The van der Waals surface area contributed by atoms with E-state index in [-0.39, 0.29) is 17.9 Å². The van der Waals surface area contributed by atoms with Gasteiger partial charge in [-0.05, 0) is 48.2 Å². The molecule has 1 atom stereocenters. The number of anilines is 1. The number of pyridine rings is 1. The van der Waals surface area contributed by atoms with E-state index in [1.165, 1.54) is 0 Å². The Morgan fingerprint density at radius 1 is 0.833 bits per heavy atom. The van der Waals surface area contributed by atoms with Crippen molar-refractivity contribution in [1.82, 2.24) is 10.3 Å². The van der Waals surface area contributed by atoms with Gasteiger partial charge in [0.2, 0.25) is 0 Å². The second kappa shape index (κ2) is 8.57. The van der Waals surface area contributed by atoms with Gasteiger partial charge in [-0.1, -0.05) is 54.6 Å². The number of nitrogens with zero attached hydrogens (tertiary/aromatic N) is 1. The number of amides is 2. The molecule has 0 radical (unpaired) electrons. The SMILES string of the molecule is CC(NC(=O)c1nccc2ccccc12)c1cccc(NC(=O)c2ccccc2)c1. The fourth-order valence-electron chi connectivity index (χ4n) is 3.33.